The molecule has 0 fully saturated rings. The minimum absolute atomic E-state index is 0.106. The number of carbonyl (C=O) groups excluding carboxylic acids is 1. The Hall–Kier alpha value is -2.80. The number of halogens is 1. The number of fused-ring (bicyclic) bond motifs is 1. The number of hydrogen-bond acceptors (Lipinski definition) is 5. The van der Waals surface area contributed by atoms with Gasteiger partial charge in [-0.15, -0.1) is 0 Å². The number of aromatic nitrogens is 3. The normalized spacial score (nSPS) is 11.0. The molecule has 0 spiro atoms. The average Bonchev–Trinajstić information content (AvgIpc) is 2.97. The van der Waals surface area contributed by atoms with Gasteiger partial charge < -0.3 is 10.5 Å². The minimum atomic E-state index is -0.618. The van der Waals surface area contributed by atoms with Crippen LogP contribution in [-0.4, -0.2) is 20.7 Å². The Bertz CT molecular complexity index is 923. The van der Waals surface area contributed by atoms with Gasteiger partial charge >= 0.3 is 6.09 Å². The lowest BCUT2D eigenvalue weighted by Gasteiger charge is -2.10. The first-order valence-corrected chi connectivity index (χ1v) is 8.14. The third-order valence-electron chi connectivity index (χ3n) is 3.64. The van der Waals surface area contributed by atoms with Crippen molar-refractivity contribution < 1.29 is 9.53 Å². The number of nitrogen functional groups attached to an aromatic ring is 1. The van der Waals surface area contributed by atoms with E-state index in [0.29, 0.717) is 17.2 Å². The summed E-state index contributed by atoms with van der Waals surface area (Å²) in [6.45, 7) is 4.17. The van der Waals surface area contributed by atoms with Crippen LogP contribution in [0.1, 0.15) is 30.9 Å². The second kappa shape index (κ2) is 6.98. The van der Waals surface area contributed by atoms with Gasteiger partial charge in [0.2, 0.25) is 0 Å². The van der Waals surface area contributed by atoms with Crippen LogP contribution in [0.25, 0.3) is 5.65 Å². The summed E-state index contributed by atoms with van der Waals surface area (Å²) < 4.78 is 6.75. The Morgan fingerprint density at radius 1 is 1.40 bits per heavy atom. The van der Waals surface area contributed by atoms with Gasteiger partial charge in [-0.1, -0.05) is 37.6 Å². The Labute approximate surface area is 149 Å². The molecule has 2 aromatic heterocycles. The lowest BCUT2D eigenvalue weighted by molar-refractivity contribution is 0.155. The SMILES string of the molecule is CC(C)c1cnn2c(NC(=O)OCc3cccc(N)c3)cc(Cl)nc12. The van der Waals surface area contributed by atoms with Crippen LogP contribution in [-0.2, 0) is 11.3 Å². The summed E-state index contributed by atoms with van der Waals surface area (Å²) in [7, 11) is 0. The van der Waals surface area contributed by atoms with Crippen molar-refractivity contribution >= 4 is 34.8 Å². The fraction of sp³-hybridized carbons (Fsp3) is 0.235. The summed E-state index contributed by atoms with van der Waals surface area (Å²) in [5, 5.41) is 7.18. The smallest absolute Gasteiger partial charge is 0.413 e. The van der Waals surface area contributed by atoms with Crippen molar-refractivity contribution in [3.63, 3.8) is 0 Å². The third kappa shape index (κ3) is 3.83. The van der Waals surface area contributed by atoms with E-state index < -0.39 is 6.09 Å². The first-order chi connectivity index (χ1) is 11.9. The first kappa shape index (κ1) is 17.0. The van der Waals surface area contributed by atoms with Crippen molar-refractivity contribution in [1.82, 2.24) is 14.6 Å². The van der Waals surface area contributed by atoms with E-state index in [-0.39, 0.29) is 17.7 Å². The predicted octanol–water partition coefficient (Wildman–Crippen LogP) is 3.84. The maximum Gasteiger partial charge on any atom is 0.413 e. The molecule has 0 aliphatic heterocycles. The minimum Gasteiger partial charge on any atom is -0.444 e. The molecule has 130 valence electrons. The number of nitrogens with zero attached hydrogens (tertiary/aromatic N) is 3. The van der Waals surface area contributed by atoms with Gasteiger partial charge in [-0.3, -0.25) is 5.32 Å². The van der Waals surface area contributed by atoms with Gasteiger partial charge in [-0.05, 0) is 23.6 Å². The van der Waals surface area contributed by atoms with Crippen molar-refractivity contribution in [3.05, 3.63) is 52.8 Å². The topological polar surface area (TPSA) is 94.5 Å². The van der Waals surface area contributed by atoms with Gasteiger partial charge in [0.25, 0.3) is 0 Å². The molecule has 0 radical (unpaired) electrons. The summed E-state index contributed by atoms with van der Waals surface area (Å²) >= 11 is 6.07. The fourth-order valence-electron chi connectivity index (χ4n) is 2.42. The average molecular weight is 360 g/mol. The van der Waals surface area contributed by atoms with Gasteiger partial charge in [-0.25, -0.2) is 9.78 Å². The van der Waals surface area contributed by atoms with E-state index in [1.54, 1.807) is 24.4 Å². The molecule has 0 saturated heterocycles. The highest BCUT2D eigenvalue weighted by atomic mass is 35.5. The molecule has 0 aliphatic carbocycles. The summed E-state index contributed by atoms with van der Waals surface area (Å²) in [5.41, 5.74) is 8.67. The van der Waals surface area contributed by atoms with Crippen molar-refractivity contribution in [2.45, 2.75) is 26.4 Å². The number of nitrogens with one attached hydrogen (secondary N) is 1. The number of anilines is 2. The molecular weight excluding hydrogens is 342 g/mol. The zero-order valence-electron chi connectivity index (χ0n) is 13.9. The van der Waals surface area contributed by atoms with Crippen LogP contribution in [0, 0.1) is 0 Å². The molecule has 0 atom stereocenters. The highest BCUT2D eigenvalue weighted by molar-refractivity contribution is 6.29. The molecule has 2 heterocycles. The summed E-state index contributed by atoms with van der Waals surface area (Å²) in [6, 6.07) is 8.66. The quantitative estimate of drug-likeness (QED) is 0.545. The third-order valence-corrected chi connectivity index (χ3v) is 3.83. The number of ether oxygens (including phenoxy) is 1. The predicted molar refractivity (Wildman–Crippen MR) is 96.7 cm³/mol. The van der Waals surface area contributed by atoms with Crippen LogP contribution in [0.4, 0.5) is 16.3 Å². The number of nitrogens with two attached hydrogens (primary N) is 1. The monoisotopic (exact) mass is 359 g/mol. The lowest BCUT2D eigenvalue weighted by atomic mass is 10.1. The molecule has 0 aliphatic rings. The van der Waals surface area contributed by atoms with Crippen LogP contribution in [0.3, 0.4) is 0 Å². The zero-order valence-corrected chi connectivity index (χ0v) is 14.6. The van der Waals surface area contributed by atoms with Gasteiger partial charge in [-0.2, -0.15) is 9.61 Å². The molecule has 0 unspecified atom stereocenters. The van der Waals surface area contributed by atoms with Gasteiger partial charge in [0, 0.05) is 17.3 Å². The molecule has 7 nitrogen and oxygen atoms in total. The van der Waals surface area contributed by atoms with Crippen LogP contribution < -0.4 is 11.1 Å². The summed E-state index contributed by atoms with van der Waals surface area (Å²) in [4.78, 5) is 16.4. The van der Waals surface area contributed by atoms with E-state index in [1.165, 1.54) is 10.6 Å². The highest BCUT2D eigenvalue weighted by Gasteiger charge is 2.15. The molecule has 3 rings (SSSR count). The van der Waals surface area contributed by atoms with E-state index in [1.807, 2.05) is 19.9 Å². The van der Waals surface area contributed by atoms with Crippen LogP contribution in [0.15, 0.2) is 36.5 Å². The lowest BCUT2D eigenvalue weighted by Crippen LogP contribution is -2.16. The van der Waals surface area contributed by atoms with Crippen LogP contribution in [0.2, 0.25) is 5.15 Å². The molecule has 3 N–H and O–H groups in total. The van der Waals surface area contributed by atoms with Crippen molar-refractivity contribution in [3.8, 4) is 0 Å². The van der Waals surface area contributed by atoms with Crippen molar-refractivity contribution in [1.29, 1.82) is 0 Å². The van der Waals surface area contributed by atoms with Gasteiger partial charge in [0.1, 0.15) is 17.6 Å². The van der Waals surface area contributed by atoms with Gasteiger partial charge in [0.05, 0.1) is 6.20 Å². The largest absolute Gasteiger partial charge is 0.444 e. The molecular formula is C17H18ClN5O2. The van der Waals surface area contributed by atoms with E-state index in [4.69, 9.17) is 22.1 Å². The summed E-state index contributed by atoms with van der Waals surface area (Å²) in [6.07, 6.45) is 1.10. The Morgan fingerprint density at radius 3 is 2.92 bits per heavy atom. The molecule has 0 saturated carbocycles. The van der Waals surface area contributed by atoms with Crippen LogP contribution in [0.5, 0.6) is 0 Å². The Kier molecular flexibility index (Phi) is 4.76. The molecule has 1 aromatic carbocycles. The molecule has 1 amide bonds. The van der Waals surface area contributed by atoms with E-state index in [2.05, 4.69) is 15.4 Å². The summed E-state index contributed by atoms with van der Waals surface area (Å²) in [5.74, 6) is 0.617. The number of carbonyl (C=O) groups is 1. The highest BCUT2D eigenvalue weighted by Crippen LogP contribution is 2.24. The van der Waals surface area contributed by atoms with Crippen molar-refractivity contribution in [2.24, 2.45) is 0 Å². The molecule has 0 bridgehead atoms. The molecule has 3 aromatic rings. The maximum atomic E-state index is 12.1. The van der Waals surface area contributed by atoms with Crippen molar-refractivity contribution in [2.75, 3.05) is 11.1 Å². The van der Waals surface area contributed by atoms with E-state index in [0.717, 1.165) is 11.1 Å². The second-order valence-electron chi connectivity index (χ2n) is 5.90. The molecule has 8 heteroatoms. The molecule has 25 heavy (non-hydrogen) atoms. The van der Waals surface area contributed by atoms with E-state index in [9.17, 15) is 4.79 Å². The number of amides is 1. The van der Waals surface area contributed by atoms with Crippen LogP contribution >= 0.6 is 11.6 Å². The zero-order chi connectivity index (χ0) is 18.0. The number of benzene rings is 1. The first-order valence-electron chi connectivity index (χ1n) is 7.76. The van der Waals surface area contributed by atoms with Gasteiger partial charge in [0.15, 0.2) is 5.65 Å². The van der Waals surface area contributed by atoms with E-state index >= 15 is 0 Å². The standard InChI is InChI=1S/C17H18ClN5O2/c1-10(2)13-8-20-23-15(7-14(18)21-16(13)23)22-17(24)25-9-11-4-3-5-12(19)6-11/h3-8,10H,9,19H2,1-2H3,(H,22,24). The second-order valence-corrected chi connectivity index (χ2v) is 6.29. The number of hydrogen-bond donors (Lipinski definition) is 2. The number of rotatable bonds is 4. The fourth-order valence-corrected chi connectivity index (χ4v) is 2.60. The Morgan fingerprint density at radius 2 is 2.20 bits per heavy atom. The Balaban J connectivity index is 1.77. The maximum absolute atomic E-state index is 12.1.